The predicted molar refractivity (Wildman–Crippen MR) is 135 cm³/mol. The standard InChI is InChI=1S/C27H30ClN5O/c28-22-11-9-20(10-12-22)27-24-6-2-4-8-26(24)33(30-27)19-23(34)18-31-13-15-32(16-14-31)25-7-3-1-5-21(25)17-29/h1,3,5,7,9-12,23,34H,2,4,6,8,13-16,18-19H2. The number of fused-ring (bicyclic) bond motifs is 1. The average molecular weight is 476 g/mol. The highest BCUT2D eigenvalue weighted by atomic mass is 35.5. The van der Waals surface area contributed by atoms with Crippen molar-refractivity contribution in [2.24, 2.45) is 0 Å². The Morgan fingerprint density at radius 1 is 0.971 bits per heavy atom. The van der Waals surface area contributed by atoms with Crippen LogP contribution < -0.4 is 4.90 Å². The van der Waals surface area contributed by atoms with Gasteiger partial charge < -0.3 is 10.0 Å². The second-order valence-corrected chi connectivity index (χ2v) is 9.68. The Hall–Kier alpha value is -2.85. The highest BCUT2D eigenvalue weighted by Gasteiger charge is 2.25. The third kappa shape index (κ3) is 4.83. The molecular weight excluding hydrogens is 446 g/mol. The largest absolute Gasteiger partial charge is 0.390 e. The first-order valence-corrected chi connectivity index (χ1v) is 12.5. The van der Waals surface area contributed by atoms with Gasteiger partial charge in [-0.2, -0.15) is 10.4 Å². The second kappa shape index (κ2) is 10.2. The first kappa shape index (κ1) is 22.9. The van der Waals surface area contributed by atoms with Gasteiger partial charge in [0.05, 0.1) is 29.6 Å². The zero-order valence-electron chi connectivity index (χ0n) is 19.3. The number of β-amino-alcohol motifs (C(OH)–C–C–N with tert-alkyl or cyclic N) is 1. The maximum atomic E-state index is 11.0. The van der Waals surface area contributed by atoms with Crippen LogP contribution in [-0.4, -0.2) is 58.6 Å². The quantitative estimate of drug-likeness (QED) is 0.580. The summed E-state index contributed by atoms with van der Waals surface area (Å²) < 4.78 is 2.04. The first-order chi connectivity index (χ1) is 16.6. The van der Waals surface area contributed by atoms with Crippen LogP contribution in [0.4, 0.5) is 5.69 Å². The molecule has 1 aliphatic heterocycles. The fourth-order valence-corrected chi connectivity index (χ4v) is 5.36. The fraction of sp³-hybridized carbons (Fsp3) is 0.407. The number of halogens is 1. The van der Waals surface area contributed by atoms with Gasteiger partial charge in [-0.1, -0.05) is 35.9 Å². The van der Waals surface area contributed by atoms with Crippen molar-refractivity contribution in [3.63, 3.8) is 0 Å². The molecule has 0 spiro atoms. The monoisotopic (exact) mass is 475 g/mol. The number of hydrogen-bond donors (Lipinski definition) is 1. The molecule has 2 aliphatic rings. The molecule has 176 valence electrons. The van der Waals surface area contributed by atoms with E-state index >= 15 is 0 Å². The zero-order valence-corrected chi connectivity index (χ0v) is 20.1. The van der Waals surface area contributed by atoms with Crippen LogP contribution in [0.2, 0.25) is 5.02 Å². The van der Waals surface area contributed by atoms with Crippen molar-refractivity contribution >= 4 is 17.3 Å². The molecule has 7 heteroatoms. The molecule has 1 N–H and O–H groups in total. The van der Waals surface area contributed by atoms with Gasteiger partial charge in [-0.05, 0) is 49.9 Å². The molecular formula is C27H30ClN5O. The lowest BCUT2D eigenvalue weighted by molar-refractivity contribution is 0.0912. The van der Waals surface area contributed by atoms with Gasteiger partial charge in [0.15, 0.2) is 0 Å². The van der Waals surface area contributed by atoms with Crippen molar-refractivity contribution in [3.8, 4) is 17.3 Å². The molecule has 1 aromatic heterocycles. The smallest absolute Gasteiger partial charge is 0.101 e. The highest BCUT2D eigenvalue weighted by Crippen LogP contribution is 2.32. The molecule has 3 aromatic rings. The number of rotatable bonds is 6. The van der Waals surface area contributed by atoms with Gasteiger partial charge in [-0.25, -0.2) is 0 Å². The number of aliphatic hydroxyl groups is 1. The third-order valence-electron chi connectivity index (χ3n) is 6.96. The SMILES string of the molecule is N#Cc1ccccc1N1CCN(CC(O)Cn2nc(-c3ccc(Cl)cc3)c3c2CCCC3)CC1. The van der Waals surface area contributed by atoms with Crippen LogP contribution in [0.5, 0.6) is 0 Å². The number of aromatic nitrogens is 2. The number of anilines is 1. The van der Waals surface area contributed by atoms with E-state index in [-0.39, 0.29) is 0 Å². The molecule has 1 fully saturated rings. The summed E-state index contributed by atoms with van der Waals surface area (Å²) in [5.74, 6) is 0. The molecule has 1 atom stereocenters. The van der Waals surface area contributed by atoms with Gasteiger partial charge in [-0.15, -0.1) is 0 Å². The van der Waals surface area contributed by atoms with Crippen molar-refractivity contribution in [2.75, 3.05) is 37.6 Å². The minimum Gasteiger partial charge on any atom is -0.390 e. The van der Waals surface area contributed by atoms with Crippen LogP contribution in [0.15, 0.2) is 48.5 Å². The lowest BCUT2D eigenvalue weighted by atomic mass is 9.93. The molecule has 2 heterocycles. The highest BCUT2D eigenvalue weighted by molar-refractivity contribution is 6.30. The van der Waals surface area contributed by atoms with Crippen molar-refractivity contribution in [2.45, 2.75) is 38.3 Å². The fourth-order valence-electron chi connectivity index (χ4n) is 5.23. The van der Waals surface area contributed by atoms with Gasteiger partial charge >= 0.3 is 0 Å². The minimum absolute atomic E-state index is 0.484. The third-order valence-corrected chi connectivity index (χ3v) is 7.22. The molecule has 2 aromatic carbocycles. The van der Waals surface area contributed by atoms with Gasteiger partial charge in [-0.3, -0.25) is 9.58 Å². The van der Waals surface area contributed by atoms with Crippen LogP contribution in [0.3, 0.4) is 0 Å². The molecule has 1 unspecified atom stereocenters. The van der Waals surface area contributed by atoms with E-state index in [1.807, 2.05) is 53.2 Å². The van der Waals surface area contributed by atoms with Crippen molar-refractivity contribution in [1.29, 1.82) is 5.26 Å². The van der Waals surface area contributed by atoms with Crippen molar-refractivity contribution < 1.29 is 5.11 Å². The molecule has 0 bridgehead atoms. The van der Waals surface area contributed by atoms with E-state index in [2.05, 4.69) is 15.9 Å². The molecule has 0 saturated carbocycles. The summed E-state index contributed by atoms with van der Waals surface area (Å²) in [5, 5.41) is 26.0. The summed E-state index contributed by atoms with van der Waals surface area (Å²) in [6, 6.07) is 18.0. The topological polar surface area (TPSA) is 68.3 Å². The minimum atomic E-state index is -0.484. The molecule has 0 amide bonds. The van der Waals surface area contributed by atoms with Gasteiger partial charge in [0, 0.05) is 54.6 Å². The Morgan fingerprint density at radius 2 is 1.71 bits per heavy atom. The number of piperazine rings is 1. The summed E-state index contributed by atoms with van der Waals surface area (Å²) >= 11 is 6.09. The van der Waals surface area contributed by atoms with E-state index in [0.29, 0.717) is 13.1 Å². The molecule has 1 aliphatic carbocycles. The van der Waals surface area contributed by atoms with Crippen molar-refractivity contribution in [1.82, 2.24) is 14.7 Å². The van der Waals surface area contributed by atoms with Crippen molar-refractivity contribution in [3.05, 3.63) is 70.4 Å². The van der Waals surface area contributed by atoms with E-state index in [9.17, 15) is 10.4 Å². The van der Waals surface area contributed by atoms with Crippen LogP contribution in [0, 0.1) is 11.3 Å². The number of aliphatic hydroxyl groups excluding tert-OH is 1. The Morgan fingerprint density at radius 3 is 2.47 bits per heavy atom. The number of nitrogens with zero attached hydrogens (tertiary/aromatic N) is 5. The Kier molecular flexibility index (Phi) is 6.87. The maximum Gasteiger partial charge on any atom is 0.101 e. The Bertz CT molecular complexity index is 1170. The predicted octanol–water partition coefficient (Wildman–Crippen LogP) is 4.14. The summed E-state index contributed by atoms with van der Waals surface area (Å²) in [7, 11) is 0. The van der Waals surface area contributed by atoms with Gasteiger partial charge in [0.1, 0.15) is 6.07 Å². The summed E-state index contributed by atoms with van der Waals surface area (Å²) in [6.45, 7) is 4.56. The Labute approximate surface area is 206 Å². The van der Waals surface area contributed by atoms with E-state index < -0.39 is 6.10 Å². The number of benzene rings is 2. The maximum absolute atomic E-state index is 11.0. The van der Waals surface area contributed by atoms with Gasteiger partial charge in [0.2, 0.25) is 0 Å². The zero-order chi connectivity index (χ0) is 23.5. The second-order valence-electron chi connectivity index (χ2n) is 9.24. The Balaban J connectivity index is 1.24. The average Bonchev–Trinajstić information content (AvgIpc) is 3.23. The normalized spacial score (nSPS) is 17.3. The number of hydrogen-bond acceptors (Lipinski definition) is 5. The first-order valence-electron chi connectivity index (χ1n) is 12.1. The van der Waals surface area contributed by atoms with Crippen LogP contribution >= 0.6 is 11.6 Å². The van der Waals surface area contributed by atoms with E-state index in [0.717, 1.165) is 66.6 Å². The molecule has 0 radical (unpaired) electrons. The summed E-state index contributed by atoms with van der Waals surface area (Å²) in [4.78, 5) is 4.58. The molecule has 34 heavy (non-hydrogen) atoms. The lowest BCUT2D eigenvalue weighted by Gasteiger charge is -2.37. The van der Waals surface area contributed by atoms with E-state index in [1.165, 1.54) is 24.1 Å². The molecule has 1 saturated heterocycles. The molecule has 5 rings (SSSR count). The van der Waals surface area contributed by atoms with Crippen LogP contribution in [0.1, 0.15) is 29.7 Å². The molecule has 6 nitrogen and oxygen atoms in total. The summed E-state index contributed by atoms with van der Waals surface area (Å²) in [5.41, 5.74) is 6.44. The van der Waals surface area contributed by atoms with Crippen LogP contribution in [0.25, 0.3) is 11.3 Å². The van der Waals surface area contributed by atoms with E-state index in [4.69, 9.17) is 16.7 Å². The number of nitriles is 1. The number of para-hydroxylation sites is 1. The van der Waals surface area contributed by atoms with E-state index in [1.54, 1.807) is 0 Å². The lowest BCUT2D eigenvalue weighted by Crippen LogP contribution is -2.49. The van der Waals surface area contributed by atoms with Crippen LogP contribution in [-0.2, 0) is 19.4 Å². The van der Waals surface area contributed by atoms with Gasteiger partial charge in [0.25, 0.3) is 0 Å². The summed E-state index contributed by atoms with van der Waals surface area (Å²) in [6.07, 6.45) is 3.92.